The normalized spacial score (nSPS) is 29.6. The van der Waals surface area contributed by atoms with Gasteiger partial charge in [-0.15, -0.1) is 0 Å². The predicted octanol–water partition coefficient (Wildman–Crippen LogP) is 1.90. The van der Waals surface area contributed by atoms with Crippen molar-refractivity contribution in [2.75, 3.05) is 19.8 Å². The van der Waals surface area contributed by atoms with E-state index >= 15 is 0 Å². The smallest absolute Gasteiger partial charge is 0.412 e. The quantitative estimate of drug-likeness (QED) is 0.848. The molecule has 3 atom stereocenters. The minimum atomic E-state index is -0.784. The lowest BCUT2D eigenvalue weighted by molar-refractivity contribution is -0.125. The lowest BCUT2D eigenvalue weighted by Gasteiger charge is -2.35. The van der Waals surface area contributed by atoms with Crippen molar-refractivity contribution >= 4 is 12.0 Å². The fourth-order valence-electron chi connectivity index (χ4n) is 3.21. The molecule has 0 saturated carbocycles. The minimum Gasteiger partial charge on any atom is -0.444 e. The van der Waals surface area contributed by atoms with E-state index in [1.165, 1.54) is 0 Å². The second-order valence-electron chi connectivity index (χ2n) is 7.99. The summed E-state index contributed by atoms with van der Waals surface area (Å²) in [6, 6.07) is -0.277. The largest absolute Gasteiger partial charge is 0.444 e. The van der Waals surface area contributed by atoms with Gasteiger partial charge in [-0.1, -0.05) is 0 Å². The van der Waals surface area contributed by atoms with Crippen molar-refractivity contribution in [1.29, 1.82) is 0 Å². The second kappa shape index (κ2) is 6.88. The first-order valence-electron chi connectivity index (χ1n) is 8.57. The Kier molecular flexibility index (Phi) is 5.44. The van der Waals surface area contributed by atoms with Gasteiger partial charge in [-0.3, -0.25) is 9.69 Å². The van der Waals surface area contributed by atoms with Gasteiger partial charge in [0.1, 0.15) is 11.3 Å². The zero-order valence-electron chi connectivity index (χ0n) is 15.5. The van der Waals surface area contributed by atoms with Crippen molar-refractivity contribution in [1.82, 2.24) is 10.2 Å². The summed E-state index contributed by atoms with van der Waals surface area (Å²) in [6.07, 6.45) is 0.108. The Labute approximate surface area is 144 Å². The van der Waals surface area contributed by atoms with Crippen LogP contribution < -0.4 is 5.32 Å². The number of carbonyl (C=O) groups is 2. The number of nitrogens with zero attached hydrogens (tertiary/aromatic N) is 1. The zero-order valence-corrected chi connectivity index (χ0v) is 15.5. The van der Waals surface area contributed by atoms with Crippen LogP contribution in [0.5, 0.6) is 0 Å². The lowest BCUT2D eigenvalue weighted by atomic mass is 10.1. The van der Waals surface area contributed by atoms with Crippen molar-refractivity contribution in [2.24, 2.45) is 5.92 Å². The summed E-state index contributed by atoms with van der Waals surface area (Å²) in [6.45, 7) is 12.5. The molecule has 2 heterocycles. The van der Waals surface area contributed by atoms with Gasteiger partial charge in [0, 0.05) is 13.2 Å². The molecule has 0 aromatic carbocycles. The van der Waals surface area contributed by atoms with E-state index in [-0.39, 0.29) is 24.0 Å². The van der Waals surface area contributed by atoms with Crippen molar-refractivity contribution < 1.29 is 23.8 Å². The molecule has 1 N–H and O–H groups in total. The molecule has 138 valence electrons. The summed E-state index contributed by atoms with van der Waals surface area (Å²) in [5, 5.41) is 2.93. The Morgan fingerprint density at radius 2 is 2.00 bits per heavy atom. The Morgan fingerprint density at radius 3 is 2.54 bits per heavy atom. The predicted molar refractivity (Wildman–Crippen MR) is 88.4 cm³/mol. The minimum absolute atomic E-state index is 0.0338. The third kappa shape index (κ3) is 4.39. The van der Waals surface area contributed by atoms with E-state index in [9.17, 15) is 9.59 Å². The molecule has 2 amide bonds. The van der Waals surface area contributed by atoms with Crippen molar-refractivity contribution in [2.45, 2.75) is 71.4 Å². The highest BCUT2D eigenvalue weighted by atomic mass is 16.6. The monoisotopic (exact) mass is 342 g/mol. The van der Waals surface area contributed by atoms with Gasteiger partial charge < -0.3 is 19.5 Å². The summed E-state index contributed by atoms with van der Waals surface area (Å²) in [5.74, 6) is -0.140. The number of ether oxygens (including phenoxy) is 3. The molecule has 2 aliphatic heterocycles. The fraction of sp³-hybridized carbons (Fsp3) is 0.882. The van der Waals surface area contributed by atoms with Crippen LogP contribution in [0.3, 0.4) is 0 Å². The molecule has 2 fully saturated rings. The average Bonchev–Trinajstić information content (AvgIpc) is 2.99. The highest BCUT2D eigenvalue weighted by Gasteiger charge is 2.49. The molecule has 0 aromatic heterocycles. The molecule has 2 aliphatic rings. The molecule has 7 heteroatoms. The molecule has 2 saturated heterocycles. The van der Waals surface area contributed by atoms with E-state index in [1.54, 1.807) is 4.90 Å². The summed E-state index contributed by atoms with van der Waals surface area (Å²) in [7, 11) is 0. The van der Waals surface area contributed by atoms with Crippen LogP contribution in [0.25, 0.3) is 0 Å². The van der Waals surface area contributed by atoms with Crippen LogP contribution in [-0.2, 0) is 19.0 Å². The van der Waals surface area contributed by atoms with Crippen LogP contribution in [0.4, 0.5) is 4.79 Å². The SMILES string of the molecule is C[C@@H]1OC(C)(C)N(C(=O)OC(C)(C)C)[C@H]1CNC(=O)[C@H]1CCOC1. The summed E-state index contributed by atoms with van der Waals surface area (Å²) in [5.41, 5.74) is -1.37. The van der Waals surface area contributed by atoms with Crippen LogP contribution in [0.1, 0.15) is 48.0 Å². The first kappa shape index (κ1) is 19.0. The van der Waals surface area contributed by atoms with E-state index in [2.05, 4.69) is 5.32 Å². The summed E-state index contributed by atoms with van der Waals surface area (Å²) >= 11 is 0. The van der Waals surface area contributed by atoms with Gasteiger partial charge in [0.25, 0.3) is 0 Å². The van der Waals surface area contributed by atoms with Gasteiger partial charge in [-0.2, -0.15) is 0 Å². The topological polar surface area (TPSA) is 77.1 Å². The molecule has 0 radical (unpaired) electrons. The first-order valence-corrected chi connectivity index (χ1v) is 8.57. The van der Waals surface area contributed by atoms with Crippen molar-refractivity contribution in [3.8, 4) is 0 Å². The lowest BCUT2D eigenvalue weighted by Crippen LogP contribution is -2.54. The first-order chi connectivity index (χ1) is 11.0. The molecule has 7 nitrogen and oxygen atoms in total. The molecule has 2 rings (SSSR count). The van der Waals surface area contributed by atoms with E-state index < -0.39 is 17.4 Å². The molecule has 0 aromatic rings. The number of hydrogen-bond donors (Lipinski definition) is 1. The molecule has 0 spiro atoms. The Morgan fingerprint density at radius 1 is 1.33 bits per heavy atom. The number of rotatable bonds is 3. The van der Waals surface area contributed by atoms with Crippen LogP contribution in [-0.4, -0.2) is 60.1 Å². The summed E-state index contributed by atoms with van der Waals surface area (Å²) in [4.78, 5) is 26.4. The molecule has 0 unspecified atom stereocenters. The van der Waals surface area contributed by atoms with Gasteiger partial charge >= 0.3 is 6.09 Å². The Bertz CT molecular complexity index is 480. The fourth-order valence-corrected chi connectivity index (χ4v) is 3.21. The number of nitrogens with one attached hydrogen (secondary N) is 1. The van der Waals surface area contributed by atoms with Crippen LogP contribution in [0, 0.1) is 5.92 Å². The third-order valence-corrected chi connectivity index (χ3v) is 4.30. The Balaban J connectivity index is 2.04. The van der Waals surface area contributed by atoms with Crippen LogP contribution >= 0.6 is 0 Å². The molecular formula is C17H30N2O5. The summed E-state index contributed by atoms with van der Waals surface area (Å²) < 4.78 is 16.7. The second-order valence-corrected chi connectivity index (χ2v) is 7.99. The van der Waals surface area contributed by atoms with E-state index in [0.717, 1.165) is 6.42 Å². The Hall–Kier alpha value is -1.34. The number of hydrogen-bond acceptors (Lipinski definition) is 5. The van der Waals surface area contributed by atoms with Crippen LogP contribution in [0.2, 0.25) is 0 Å². The van der Waals surface area contributed by atoms with Gasteiger partial charge in [0.15, 0.2) is 0 Å². The highest BCUT2D eigenvalue weighted by molar-refractivity contribution is 5.79. The van der Waals surface area contributed by atoms with E-state index in [4.69, 9.17) is 14.2 Å². The molecule has 0 aliphatic carbocycles. The van der Waals surface area contributed by atoms with Crippen molar-refractivity contribution in [3.63, 3.8) is 0 Å². The number of amides is 2. The van der Waals surface area contributed by atoms with E-state index in [1.807, 2.05) is 41.5 Å². The molecule has 24 heavy (non-hydrogen) atoms. The zero-order chi connectivity index (χ0) is 18.1. The van der Waals surface area contributed by atoms with Crippen molar-refractivity contribution in [3.05, 3.63) is 0 Å². The maximum atomic E-state index is 12.6. The molecular weight excluding hydrogens is 312 g/mol. The highest BCUT2D eigenvalue weighted by Crippen LogP contribution is 2.33. The number of carbonyl (C=O) groups excluding carboxylic acids is 2. The maximum absolute atomic E-state index is 12.6. The van der Waals surface area contributed by atoms with Gasteiger partial charge in [-0.05, 0) is 48.0 Å². The van der Waals surface area contributed by atoms with Gasteiger partial charge in [-0.25, -0.2) is 4.79 Å². The molecule has 0 bridgehead atoms. The standard InChI is InChI=1S/C17H30N2O5/c1-11-13(9-18-14(20)12-7-8-22-10-12)19(17(5,6)23-11)15(21)24-16(2,3)4/h11-13H,7-10H2,1-6H3,(H,18,20)/t11-,12-,13-/m0/s1. The maximum Gasteiger partial charge on any atom is 0.412 e. The van der Waals surface area contributed by atoms with Gasteiger partial charge in [0.2, 0.25) is 5.91 Å². The third-order valence-electron chi connectivity index (χ3n) is 4.30. The van der Waals surface area contributed by atoms with Crippen LogP contribution in [0.15, 0.2) is 0 Å². The average molecular weight is 342 g/mol. The van der Waals surface area contributed by atoms with E-state index in [0.29, 0.717) is 19.8 Å². The van der Waals surface area contributed by atoms with Gasteiger partial charge in [0.05, 0.1) is 24.7 Å².